The number of ether oxygens (including phenoxy) is 2. The van der Waals surface area contributed by atoms with Crippen molar-refractivity contribution < 1.29 is 19.1 Å². The van der Waals surface area contributed by atoms with Crippen molar-refractivity contribution in [1.29, 1.82) is 0 Å². The molecule has 7 heteroatoms. The van der Waals surface area contributed by atoms with E-state index in [-0.39, 0.29) is 30.8 Å². The zero-order chi connectivity index (χ0) is 20.0. The van der Waals surface area contributed by atoms with Crippen molar-refractivity contribution in [2.24, 2.45) is 17.8 Å². The average molecular weight is 399 g/mol. The van der Waals surface area contributed by atoms with Crippen molar-refractivity contribution >= 4 is 11.9 Å². The number of benzene rings is 1. The fraction of sp³-hybridized carbons (Fsp3) is 0.636. The Morgan fingerprint density at radius 2 is 1.72 bits per heavy atom. The molecule has 29 heavy (non-hydrogen) atoms. The number of amides is 3. The summed E-state index contributed by atoms with van der Waals surface area (Å²) in [6.45, 7) is 0.985. The maximum Gasteiger partial charge on any atom is 0.321 e. The van der Waals surface area contributed by atoms with Crippen molar-refractivity contribution in [3.8, 4) is 11.5 Å². The Labute approximate surface area is 171 Å². The van der Waals surface area contributed by atoms with Crippen molar-refractivity contribution in [1.82, 2.24) is 15.5 Å². The molecule has 0 aromatic heterocycles. The van der Waals surface area contributed by atoms with Gasteiger partial charge in [-0.25, -0.2) is 4.79 Å². The molecule has 0 spiro atoms. The number of urea groups is 1. The number of carbonyl (C=O) groups is 2. The summed E-state index contributed by atoms with van der Waals surface area (Å²) in [4.78, 5) is 26.8. The van der Waals surface area contributed by atoms with Crippen LogP contribution in [-0.4, -0.2) is 42.8 Å². The summed E-state index contributed by atoms with van der Waals surface area (Å²) in [5.74, 6) is 3.46. The van der Waals surface area contributed by atoms with Gasteiger partial charge in [0.25, 0.3) is 0 Å². The molecule has 6 rings (SSSR count). The summed E-state index contributed by atoms with van der Waals surface area (Å²) in [5.41, 5.74) is 0.944. The molecule has 7 nitrogen and oxygen atoms in total. The summed E-state index contributed by atoms with van der Waals surface area (Å²) >= 11 is 0. The highest BCUT2D eigenvalue weighted by molar-refractivity contribution is 5.95. The second kappa shape index (κ2) is 7.20. The Morgan fingerprint density at radius 3 is 2.41 bits per heavy atom. The van der Waals surface area contributed by atoms with Gasteiger partial charge in [-0.1, -0.05) is 6.07 Å². The maximum absolute atomic E-state index is 12.5. The van der Waals surface area contributed by atoms with Crippen LogP contribution in [0.2, 0.25) is 0 Å². The van der Waals surface area contributed by atoms with E-state index in [0.717, 1.165) is 54.1 Å². The predicted octanol–water partition coefficient (Wildman–Crippen LogP) is 2.64. The molecule has 5 aliphatic rings. The molecule has 4 fully saturated rings. The quantitative estimate of drug-likeness (QED) is 0.796. The maximum atomic E-state index is 12.5. The SMILES string of the molecule is CN(CC(=O)NC(=O)NC12CC3CC(CC(C3)C1)C2)Cc1ccc2c(c1)OCO2. The Kier molecular flexibility index (Phi) is 4.65. The van der Waals surface area contributed by atoms with E-state index >= 15 is 0 Å². The first kappa shape index (κ1) is 18.7. The molecule has 2 N–H and O–H groups in total. The van der Waals surface area contributed by atoms with E-state index in [0.29, 0.717) is 6.54 Å². The van der Waals surface area contributed by atoms with Crippen LogP contribution in [0.25, 0.3) is 0 Å². The first-order valence-electron chi connectivity index (χ1n) is 10.7. The molecule has 1 heterocycles. The van der Waals surface area contributed by atoms with Gasteiger partial charge < -0.3 is 14.8 Å². The molecule has 1 aromatic carbocycles. The van der Waals surface area contributed by atoms with Crippen LogP contribution < -0.4 is 20.1 Å². The van der Waals surface area contributed by atoms with Gasteiger partial charge >= 0.3 is 6.03 Å². The lowest BCUT2D eigenvalue weighted by atomic mass is 9.53. The molecule has 0 atom stereocenters. The highest BCUT2D eigenvalue weighted by Gasteiger charge is 2.51. The van der Waals surface area contributed by atoms with Crippen LogP contribution in [0.3, 0.4) is 0 Å². The lowest BCUT2D eigenvalue weighted by Gasteiger charge is -2.56. The summed E-state index contributed by atoms with van der Waals surface area (Å²) in [7, 11) is 1.86. The largest absolute Gasteiger partial charge is 0.454 e. The number of hydrogen-bond donors (Lipinski definition) is 2. The monoisotopic (exact) mass is 399 g/mol. The highest BCUT2D eigenvalue weighted by Crippen LogP contribution is 2.55. The standard InChI is InChI=1S/C22H29N3O4/c1-25(11-14-2-3-18-19(7-14)29-13-28-18)12-20(26)23-21(27)24-22-8-15-4-16(9-22)6-17(5-15)10-22/h2-3,7,15-17H,4-6,8-13H2,1H3,(H2,23,24,26,27). The number of nitrogens with zero attached hydrogens (tertiary/aromatic N) is 1. The van der Waals surface area contributed by atoms with Gasteiger partial charge in [-0.15, -0.1) is 0 Å². The van der Waals surface area contributed by atoms with Crippen LogP contribution in [0.5, 0.6) is 11.5 Å². The number of fused-ring (bicyclic) bond motifs is 1. The van der Waals surface area contributed by atoms with Crippen LogP contribution in [0.4, 0.5) is 4.79 Å². The minimum absolute atomic E-state index is 0.0858. The van der Waals surface area contributed by atoms with Crippen LogP contribution in [-0.2, 0) is 11.3 Å². The number of rotatable bonds is 5. The highest BCUT2D eigenvalue weighted by atomic mass is 16.7. The number of hydrogen-bond acceptors (Lipinski definition) is 5. The lowest BCUT2D eigenvalue weighted by molar-refractivity contribution is -0.121. The van der Waals surface area contributed by atoms with Crippen LogP contribution in [0.1, 0.15) is 44.1 Å². The summed E-state index contributed by atoms with van der Waals surface area (Å²) in [6.07, 6.45) is 7.20. The Balaban J connectivity index is 1.11. The second-order valence-electron chi connectivity index (χ2n) is 9.56. The van der Waals surface area contributed by atoms with Crippen LogP contribution in [0.15, 0.2) is 18.2 Å². The third kappa shape index (κ3) is 3.92. The number of nitrogens with one attached hydrogen (secondary N) is 2. The number of likely N-dealkylation sites (N-methyl/N-ethyl adjacent to an activating group) is 1. The fourth-order valence-corrected chi connectivity index (χ4v) is 6.35. The zero-order valence-corrected chi connectivity index (χ0v) is 16.9. The van der Waals surface area contributed by atoms with Gasteiger partial charge in [0.05, 0.1) is 6.54 Å². The minimum Gasteiger partial charge on any atom is -0.454 e. The van der Waals surface area contributed by atoms with E-state index in [9.17, 15) is 9.59 Å². The van der Waals surface area contributed by atoms with Gasteiger partial charge in [-0.3, -0.25) is 15.0 Å². The molecule has 4 bridgehead atoms. The molecule has 4 saturated carbocycles. The van der Waals surface area contributed by atoms with Gasteiger partial charge in [0.2, 0.25) is 12.7 Å². The van der Waals surface area contributed by atoms with Gasteiger partial charge in [0, 0.05) is 12.1 Å². The van der Waals surface area contributed by atoms with Crippen molar-refractivity contribution in [3.05, 3.63) is 23.8 Å². The first-order valence-corrected chi connectivity index (χ1v) is 10.7. The third-order valence-electron chi connectivity index (χ3n) is 6.97. The third-order valence-corrected chi connectivity index (χ3v) is 6.97. The van der Waals surface area contributed by atoms with Gasteiger partial charge in [-0.2, -0.15) is 0 Å². The molecular weight excluding hydrogens is 370 g/mol. The van der Waals surface area contributed by atoms with Crippen molar-refractivity contribution in [2.45, 2.75) is 50.6 Å². The summed E-state index contributed by atoms with van der Waals surface area (Å²) in [6, 6.07) is 5.43. The topological polar surface area (TPSA) is 79.9 Å². The number of imide groups is 1. The molecule has 1 aliphatic heterocycles. The molecule has 156 valence electrons. The van der Waals surface area contributed by atoms with Crippen molar-refractivity contribution in [2.75, 3.05) is 20.4 Å². The molecule has 4 aliphatic carbocycles. The first-order chi connectivity index (χ1) is 14.0. The second-order valence-corrected chi connectivity index (χ2v) is 9.56. The van der Waals surface area contributed by atoms with E-state index in [1.807, 2.05) is 30.1 Å². The van der Waals surface area contributed by atoms with E-state index in [1.165, 1.54) is 19.3 Å². The van der Waals surface area contributed by atoms with E-state index in [2.05, 4.69) is 10.6 Å². The summed E-state index contributed by atoms with van der Waals surface area (Å²) < 4.78 is 10.7. The smallest absolute Gasteiger partial charge is 0.321 e. The molecule has 3 amide bonds. The Hall–Kier alpha value is -2.28. The van der Waals surface area contributed by atoms with E-state index in [4.69, 9.17) is 9.47 Å². The van der Waals surface area contributed by atoms with Gasteiger partial charge in [0.1, 0.15) is 0 Å². The number of carbonyl (C=O) groups excluding carboxylic acids is 2. The van der Waals surface area contributed by atoms with Gasteiger partial charge in [-0.05, 0) is 81.0 Å². The normalized spacial score (nSPS) is 31.2. The summed E-state index contributed by atoms with van der Waals surface area (Å²) in [5, 5.41) is 5.72. The van der Waals surface area contributed by atoms with Gasteiger partial charge in [0.15, 0.2) is 11.5 Å². The molecule has 0 radical (unpaired) electrons. The molecular formula is C22H29N3O4. The molecule has 1 aromatic rings. The predicted molar refractivity (Wildman–Crippen MR) is 106 cm³/mol. The van der Waals surface area contributed by atoms with E-state index < -0.39 is 0 Å². The van der Waals surface area contributed by atoms with Crippen LogP contribution in [0, 0.1) is 17.8 Å². The Bertz CT molecular complexity index is 789. The zero-order valence-electron chi connectivity index (χ0n) is 16.9. The minimum atomic E-state index is -0.339. The van der Waals surface area contributed by atoms with E-state index in [1.54, 1.807) is 0 Å². The fourth-order valence-electron chi connectivity index (χ4n) is 6.35. The molecule has 0 unspecified atom stereocenters. The van der Waals surface area contributed by atoms with Crippen LogP contribution >= 0.6 is 0 Å². The van der Waals surface area contributed by atoms with Crippen molar-refractivity contribution in [3.63, 3.8) is 0 Å². The molecule has 0 saturated heterocycles. The average Bonchev–Trinajstić information content (AvgIpc) is 3.07. The lowest BCUT2D eigenvalue weighted by Crippen LogP contribution is -2.62. The Morgan fingerprint density at radius 1 is 1.07 bits per heavy atom.